The molecule has 0 aliphatic rings. The maximum atomic E-state index is 15.0. The second-order valence-corrected chi connectivity index (χ2v) is 10.5. The molecule has 9 nitrogen and oxygen atoms in total. The van der Waals surface area contributed by atoms with Crippen LogP contribution in [0.1, 0.15) is 37.3 Å². The van der Waals surface area contributed by atoms with Gasteiger partial charge in [0.05, 0.1) is 29.1 Å². The van der Waals surface area contributed by atoms with Crippen molar-refractivity contribution in [3.63, 3.8) is 0 Å². The Labute approximate surface area is 241 Å². The van der Waals surface area contributed by atoms with Crippen molar-refractivity contribution in [3.8, 4) is 16.9 Å². The van der Waals surface area contributed by atoms with Crippen LogP contribution >= 0.6 is 11.6 Å². The summed E-state index contributed by atoms with van der Waals surface area (Å²) in [6.07, 6.45) is 3.79. The normalized spacial score (nSPS) is 12.9. The molecule has 41 heavy (non-hydrogen) atoms. The number of rotatable bonds is 13. The average molecular weight is 586 g/mol. The fraction of sp³-hybridized carbons (Fsp3) is 0.345. The van der Waals surface area contributed by atoms with Crippen molar-refractivity contribution in [1.29, 1.82) is 5.41 Å². The molecule has 4 rings (SSSR count). The first kappa shape index (κ1) is 30.2. The number of nitrogens with one attached hydrogen (secondary N) is 3. The van der Waals surface area contributed by atoms with Gasteiger partial charge >= 0.3 is 5.69 Å². The Morgan fingerprint density at radius 2 is 1.98 bits per heavy atom. The third kappa shape index (κ3) is 7.90. The van der Waals surface area contributed by atoms with Gasteiger partial charge in [0, 0.05) is 29.7 Å². The molecule has 0 aliphatic carbocycles. The second kappa shape index (κ2) is 13.7. The lowest BCUT2D eigenvalue weighted by molar-refractivity contribution is 0.0198. The summed E-state index contributed by atoms with van der Waals surface area (Å²) in [5, 5.41) is 10.4. The van der Waals surface area contributed by atoms with E-state index in [-0.39, 0.29) is 23.6 Å². The molecular weight excluding hydrogens is 552 g/mol. The smallest absolute Gasteiger partial charge is 0.354 e. The number of aromatic nitrogens is 3. The number of guanidine groups is 1. The predicted molar refractivity (Wildman–Crippen MR) is 158 cm³/mol. The average Bonchev–Trinajstić information content (AvgIpc) is 3.34. The Kier molecular flexibility index (Phi) is 10.1. The van der Waals surface area contributed by atoms with Crippen LogP contribution in [-0.2, 0) is 17.8 Å². The number of halogens is 3. The molecule has 0 saturated heterocycles. The minimum atomic E-state index is -0.661. The standard InChI is InChI=1S/C29H34ClF2N7O2/c1-17(33)3-2-4-19-11-23(26(32)24(30)12-19)25-13-20-15-39(29(40)38-27(20)37-25)21-7-5-18(6-8-21)16-41-22(14-31)9-10-36-28(34)35/h5-8,11-13,15,17,22H,2-4,9-10,14,16,33H2,1H3,(H4,34,35,36)(H,37,38,40)/t17-,22+/m0/s1. The molecule has 0 amide bonds. The summed E-state index contributed by atoms with van der Waals surface area (Å²) in [6.45, 7) is 1.80. The maximum Gasteiger partial charge on any atom is 0.354 e. The molecule has 4 aromatic rings. The Hall–Kier alpha value is -3.80. The van der Waals surface area contributed by atoms with E-state index in [9.17, 15) is 9.18 Å². The molecule has 218 valence electrons. The van der Waals surface area contributed by atoms with Crippen LogP contribution in [-0.4, -0.2) is 45.9 Å². The van der Waals surface area contributed by atoms with Gasteiger partial charge in [-0.15, -0.1) is 0 Å². The number of aryl methyl sites for hydroxylation is 1. The molecule has 2 heterocycles. The van der Waals surface area contributed by atoms with Gasteiger partial charge in [0.2, 0.25) is 0 Å². The highest BCUT2D eigenvalue weighted by molar-refractivity contribution is 6.31. The van der Waals surface area contributed by atoms with Crippen molar-refractivity contribution in [2.75, 3.05) is 13.2 Å². The van der Waals surface area contributed by atoms with E-state index in [4.69, 9.17) is 33.2 Å². The summed E-state index contributed by atoms with van der Waals surface area (Å²) in [7, 11) is 0. The van der Waals surface area contributed by atoms with Crippen LogP contribution in [0.25, 0.3) is 28.0 Å². The molecule has 0 radical (unpaired) electrons. The number of nitrogens with zero attached hydrogens (tertiary/aromatic N) is 2. The van der Waals surface area contributed by atoms with E-state index in [0.717, 1.165) is 24.0 Å². The summed E-state index contributed by atoms with van der Waals surface area (Å²) in [5.74, 6) is -0.723. The van der Waals surface area contributed by atoms with Crippen LogP contribution in [0.2, 0.25) is 5.02 Å². The van der Waals surface area contributed by atoms with Gasteiger partial charge in [-0.3, -0.25) is 9.98 Å². The lowest BCUT2D eigenvalue weighted by Gasteiger charge is -2.15. The second-order valence-electron chi connectivity index (χ2n) is 10.1. The molecular formula is C29H34ClF2N7O2. The first-order valence-electron chi connectivity index (χ1n) is 13.4. The highest BCUT2D eigenvalue weighted by Gasteiger charge is 2.16. The van der Waals surface area contributed by atoms with Crippen LogP contribution in [0.15, 0.2) is 53.5 Å². The van der Waals surface area contributed by atoms with Gasteiger partial charge in [-0.05, 0) is 74.1 Å². The zero-order valence-electron chi connectivity index (χ0n) is 22.7. The Morgan fingerprint density at radius 3 is 2.66 bits per heavy atom. The number of nitrogens with two attached hydrogens (primary N) is 2. The Morgan fingerprint density at radius 1 is 1.22 bits per heavy atom. The SMILES string of the molecule is C[C@H](N)CCCc1cc(Cl)c(F)c(-c2cc3cn(-c4ccc(CO[C@@H](CF)CCNC(=N)N)cc4)c(=O)nc3[nH]2)c1. The minimum absolute atomic E-state index is 0.0270. The summed E-state index contributed by atoms with van der Waals surface area (Å²) in [4.78, 5) is 20.1. The van der Waals surface area contributed by atoms with Crippen molar-refractivity contribution < 1.29 is 13.5 Å². The quantitative estimate of drug-likeness (QED) is 0.115. The van der Waals surface area contributed by atoms with Gasteiger partial charge in [-0.25, -0.2) is 13.6 Å². The molecule has 2 aromatic carbocycles. The molecule has 12 heteroatoms. The summed E-state index contributed by atoms with van der Waals surface area (Å²) in [6, 6.07) is 12.3. The van der Waals surface area contributed by atoms with Gasteiger partial charge in [-0.2, -0.15) is 4.98 Å². The molecule has 0 bridgehead atoms. The third-order valence-corrected chi connectivity index (χ3v) is 6.94. The first-order chi connectivity index (χ1) is 19.6. The Balaban J connectivity index is 1.51. The number of hydrogen-bond donors (Lipinski definition) is 5. The molecule has 0 unspecified atom stereocenters. The van der Waals surface area contributed by atoms with Crippen LogP contribution in [0, 0.1) is 11.2 Å². The molecule has 2 aromatic heterocycles. The minimum Gasteiger partial charge on any atom is -0.371 e. The molecule has 0 fully saturated rings. The van der Waals surface area contributed by atoms with E-state index in [2.05, 4.69) is 15.3 Å². The number of fused-ring (bicyclic) bond motifs is 1. The monoisotopic (exact) mass is 585 g/mol. The van der Waals surface area contributed by atoms with Crippen molar-refractivity contribution in [1.82, 2.24) is 19.9 Å². The van der Waals surface area contributed by atoms with E-state index < -0.39 is 24.3 Å². The lowest BCUT2D eigenvalue weighted by Crippen LogP contribution is -2.33. The van der Waals surface area contributed by atoms with Gasteiger partial charge < -0.3 is 26.5 Å². The van der Waals surface area contributed by atoms with E-state index >= 15 is 4.39 Å². The van der Waals surface area contributed by atoms with Gasteiger partial charge in [0.25, 0.3) is 0 Å². The number of hydrogen-bond acceptors (Lipinski definition) is 5. The van der Waals surface area contributed by atoms with Crippen molar-refractivity contribution in [3.05, 3.63) is 81.1 Å². The molecule has 0 spiro atoms. The van der Waals surface area contributed by atoms with Gasteiger partial charge in [0.15, 0.2) is 11.8 Å². The number of alkyl halides is 1. The fourth-order valence-corrected chi connectivity index (χ4v) is 4.72. The van der Waals surface area contributed by atoms with E-state index in [1.165, 1.54) is 4.57 Å². The molecule has 0 saturated carbocycles. The highest BCUT2D eigenvalue weighted by atomic mass is 35.5. The van der Waals surface area contributed by atoms with Crippen LogP contribution < -0.4 is 22.5 Å². The summed E-state index contributed by atoms with van der Waals surface area (Å²) >= 11 is 6.21. The molecule has 2 atom stereocenters. The lowest BCUT2D eigenvalue weighted by atomic mass is 10.0. The number of aromatic amines is 1. The topological polar surface area (TPSA) is 148 Å². The predicted octanol–water partition coefficient (Wildman–Crippen LogP) is 4.57. The van der Waals surface area contributed by atoms with Gasteiger partial charge in [-0.1, -0.05) is 23.7 Å². The molecule has 7 N–H and O–H groups in total. The zero-order valence-corrected chi connectivity index (χ0v) is 23.5. The third-order valence-electron chi connectivity index (χ3n) is 6.67. The van der Waals surface area contributed by atoms with Crippen molar-refractivity contribution in [2.24, 2.45) is 11.5 Å². The first-order valence-corrected chi connectivity index (χ1v) is 13.7. The number of benzene rings is 2. The number of ether oxygens (including phenoxy) is 1. The van der Waals surface area contributed by atoms with Crippen LogP contribution in [0.4, 0.5) is 8.78 Å². The summed E-state index contributed by atoms with van der Waals surface area (Å²) in [5.41, 5.74) is 14.0. The van der Waals surface area contributed by atoms with Crippen molar-refractivity contribution in [2.45, 2.75) is 51.4 Å². The van der Waals surface area contributed by atoms with E-state index in [1.54, 1.807) is 48.7 Å². The van der Waals surface area contributed by atoms with E-state index in [1.807, 2.05) is 6.92 Å². The van der Waals surface area contributed by atoms with E-state index in [0.29, 0.717) is 47.4 Å². The summed E-state index contributed by atoms with van der Waals surface area (Å²) < 4.78 is 35.3. The largest absolute Gasteiger partial charge is 0.371 e. The van der Waals surface area contributed by atoms with Crippen molar-refractivity contribution >= 4 is 28.6 Å². The fourth-order valence-electron chi connectivity index (χ4n) is 4.48. The Bertz CT molecular complexity index is 1550. The maximum absolute atomic E-state index is 15.0. The van der Waals surface area contributed by atoms with Crippen LogP contribution in [0.5, 0.6) is 0 Å². The molecule has 0 aliphatic heterocycles. The number of H-pyrrole nitrogens is 1. The highest BCUT2D eigenvalue weighted by Crippen LogP contribution is 2.31. The zero-order chi connectivity index (χ0) is 29.5. The van der Waals surface area contributed by atoms with Gasteiger partial charge in [0.1, 0.15) is 12.3 Å². The van der Waals surface area contributed by atoms with Crippen LogP contribution in [0.3, 0.4) is 0 Å².